The summed E-state index contributed by atoms with van der Waals surface area (Å²) >= 11 is 0. The average molecular weight is 316 g/mol. The van der Waals surface area contributed by atoms with Crippen LogP contribution in [0.4, 0.5) is 0 Å². The summed E-state index contributed by atoms with van der Waals surface area (Å²) in [4.78, 5) is 0. The number of fused-ring (bicyclic) bond motifs is 4. The predicted molar refractivity (Wildman–Crippen MR) is 98.6 cm³/mol. The maximum atomic E-state index is 6.24. The van der Waals surface area contributed by atoms with Crippen molar-refractivity contribution >= 4 is 6.92 Å². The molecule has 0 N–H and O–H groups in total. The van der Waals surface area contributed by atoms with Crippen LogP contribution in [0.25, 0.3) is 0 Å². The van der Waals surface area contributed by atoms with Crippen LogP contribution in [0.15, 0.2) is 0 Å². The molecule has 0 aromatic heterocycles. The van der Waals surface area contributed by atoms with Crippen molar-refractivity contribution in [3.8, 4) is 0 Å². The first-order chi connectivity index (χ1) is 10.7. The molecule has 4 bridgehead atoms. The maximum absolute atomic E-state index is 6.24. The van der Waals surface area contributed by atoms with Gasteiger partial charge in [0, 0.05) is 7.11 Å². The lowest BCUT2D eigenvalue weighted by Crippen LogP contribution is -2.60. The lowest BCUT2D eigenvalue weighted by molar-refractivity contribution is -0.110. The van der Waals surface area contributed by atoms with E-state index in [-0.39, 0.29) is 0 Å². The number of hydrogen-bond donors (Lipinski definition) is 0. The monoisotopic (exact) mass is 316 g/mol. The summed E-state index contributed by atoms with van der Waals surface area (Å²) in [6.45, 7) is 15.7. The molecule has 6 aliphatic carbocycles. The molecule has 8 atom stereocenters. The number of rotatable bonds is 3. The first-order valence-corrected chi connectivity index (χ1v) is 10.2. The normalized spacial score (nSPS) is 52.3. The van der Waals surface area contributed by atoms with E-state index in [0.717, 1.165) is 47.1 Å². The third-order valence-electron chi connectivity index (χ3n) is 9.94. The highest BCUT2D eigenvalue weighted by atomic mass is 16.4. The highest BCUT2D eigenvalue weighted by molar-refractivity contribution is 6.55. The van der Waals surface area contributed by atoms with Gasteiger partial charge in [0.15, 0.2) is 0 Å². The zero-order chi connectivity index (χ0) is 16.7. The fourth-order valence-corrected chi connectivity index (χ4v) is 7.91. The molecule has 0 heterocycles. The summed E-state index contributed by atoms with van der Waals surface area (Å²) < 4.78 is 6.24. The Labute approximate surface area is 144 Å². The van der Waals surface area contributed by atoms with E-state index < -0.39 is 0 Å². The molecule has 130 valence electrons. The molecular weight excluding hydrogens is 279 g/mol. The zero-order valence-electron chi connectivity index (χ0n) is 16.4. The van der Waals surface area contributed by atoms with Gasteiger partial charge >= 0.3 is 0 Å². The second-order valence-electron chi connectivity index (χ2n) is 10.9. The summed E-state index contributed by atoms with van der Waals surface area (Å²) in [5.74, 6) is 7.10. The lowest BCUT2D eigenvalue weighted by atomic mass is 9.27. The Bertz CT molecular complexity index is 442. The largest absolute Gasteiger partial charge is 0.438 e. The highest BCUT2D eigenvalue weighted by Crippen LogP contribution is 2.69. The summed E-state index contributed by atoms with van der Waals surface area (Å²) in [5.41, 5.74) is 1.19. The molecule has 0 unspecified atom stereocenters. The molecule has 0 aromatic carbocycles. The van der Waals surface area contributed by atoms with Crippen LogP contribution in [-0.2, 0) is 4.65 Å². The second kappa shape index (κ2) is 5.02. The van der Waals surface area contributed by atoms with Crippen LogP contribution >= 0.6 is 0 Å². The molecule has 23 heavy (non-hydrogen) atoms. The minimum atomic E-state index is 0.516. The smallest absolute Gasteiger partial charge is 0.299 e. The molecule has 6 aliphatic rings. The first-order valence-electron chi connectivity index (χ1n) is 10.2. The fourth-order valence-electron chi connectivity index (χ4n) is 7.91. The van der Waals surface area contributed by atoms with Crippen molar-refractivity contribution in [3.63, 3.8) is 0 Å². The van der Waals surface area contributed by atoms with Crippen LogP contribution in [0.1, 0.15) is 67.2 Å². The molecule has 1 nitrogen and oxygen atoms in total. The fraction of sp³-hybridized carbons (Fsp3) is 1.00. The maximum Gasteiger partial charge on any atom is 0.299 e. The summed E-state index contributed by atoms with van der Waals surface area (Å²) in [5, 5.41) is 0. The molecule has 6 rings (SSSR count). The third kappa shape index (κ3) is 2.03. The van der Waals surface area contributed by atoms with E-state index in [4.69, 9.17) is 4.65 Å². The Morgan fingerprint density at radius 1 is 0.739 bits per heavy atom. The molecule has 6 saturated carbocycles. The highest BCUT2D eigenvalue weighted by Gasteiger charge is 2.62. The lowest BCUT2D eigenvalue weighted by Gasteiger charge is -2.65. The van der Waals surface area contributed by atoms with Crippen LogP contribution in [0.2, 0.25) is 11.6 Å². The van der Waals surface area contributed by atoms with Gasteiger partial charge in [-0.25, -0.2) is 0 Å². The quantitative estimate of drug-likeness (QED) is 0.601. The summed E-state index contributed by atoms with van der Waals surface area (Å²) in [7, 11) is 2.00. The van der Waals surface area contributed by atoms with Crippen molar-refractivity contribution in [2.45, 2.75) is 78.9 Å². The summed E-state index contributed by atoms with van der Waals surface area (Å²) in [6, 6.07) is 0. The third-order valence-corrected chi connectivity index (χ3v) is 9.94. The SMILES string of the molecule is COB([C@H]1C[C@@H]2C[C@H]([C@@H]1C)C2(C)C)[C@H]1C[C@@H]2C[C@H]([C@@H]1C)C2(C)C. The predicted octanol–water partition coefficient (Wildman–Crippen LogP) is 5.77. The molecule has 2 heteroatoms. The molecular formula is C21H37BO. The molecule has 6 fully saturated rings. The van der Waals surface area contributed by atoms with Crippen LogP contribution in [0.5, 0.6) is 0 Å². The molecule has 0 saturated heterocycles. The molecule has 0 amide bonds. The van der Waals surface area contributed by atoms with Crippen LogP contribution in [0, 0.1) is 46.3 Å². The van der Waals surface area contributed by atoms with Gasteiger partial charge in [-0.2, -0.15) is 0 Å². The van der Waals surface area contributed by atoms with E-state index >= 15 is 0 Å². The van der Waals surface area contributed by atoms with Gasteiger partial charge in [0.2, 0.25) is 0 Å². The van der Waals surface area contributed by atoms with Crippen LogP contribution in [-0.4, -0.2) is 14.0 Å². The van der Waals surface area contributed by atoms with Crippen molar-refractivity contribution in [1.82, 2.24) is 0 Å². The van der Waals surface area contributed by atoms with Gasteiger partial charge in [-0.3, -0.25) is 0 Å². The second-order valence-corrected chi connectivity index (χ2v) is 10.9. The van der Waals surface area contributed by atoms with Gasteiger partial charge in [0.05, 0.1) is 0 Å². The van der Waals surface area contributed by atoms with E-state index in [2.05, 4.69) is 41.5 Å². The molecule has 0 spiro atoms. The standard InChI is InChI=1S/C21H37BO/c1-12-16-8-14(20(16,3)4)10-18(12)22(23-7)19-11-15-9-17(13(19)2)21(15,5)6/h12-19H,8-11H2,1-7H3/t12-,13-,14-,15-,16+,17+,18-,19-/m0/s1. The van der Waals surface area contributed by atoms with Gasteiger partial charge in [0.1, 0.15) is 0 Å². The van der Waals surface area contributed by atoms with Gasteiger partial charge in [-0.1, -0.05) is 54.4 Å². The molecule has 0 aromatic rings. The van der Waals surface area contributed by atoms with E-state index in [1.165, 1.54) is 25.7 Å². The topological polar surface area (TPSA) is 9.23 Å². The van der Waals surface area contributed by atoms with Crippen molar-refractivity contribution in [1.29, 1.82) is 0 Å². The Kier molecular flexibility index (Phi) is 3.60. The first kappa shape index (κ1) is 16.5. The average Bonchev–Trinajstić information content (AvgIpc) is 2.49. The Balaban J connectivity index is 1.52. The number of hydrogen-bond acceptors (Lipinski definition) is 1. The van der Waals surface area contributed by atoms with Crippen molar-refractivity contribution in [2.75, 3.05) is 7.11 Å². The van der Waals surface area contributed by atoms with Crippen LogP contribution < -0.4 is 0 Å². The zero-order valence-corrected chi connectivity index (χ0v) is 16.4. The van der Waals surface area contributed by atoms with E-state index in [1.54, 1.807) is 0 Å². The van der Waals surface area contributed by atoms with E-state index in [1.807, 2.05) is 7.11 Å². The van der Waals surface area contributed by atoms with E-state index in [9.17, 15) is 0 Å². The van der Waals surface area contributed by atoms with Crippen molar-refractivity contribution < 1.29 is 4.65 Å². The van der Waals surface area contributed by atoms with Gasteiger partial charge in [0.25, 0.3) is 6.92 Å². The minimum Gasteiger partial charge on any atom is -0.438 e. The minimum absolute atomic E-state index is 0.516. The van der Waals surface area contributed by atoms with Gasteiger partial charge < -0.3 is 4.65 Å². The van der Waals surface area contributed by atoms with Crippen molar-refractivity contribution in [2.24, 2.45) is 46.3 Å². The Hall–Kier alpha value is 0.0249. The summed E-state index contributed by atoms with van der Waals surface area (Å²) in [6.07, 6.45) is 5.81. The van der Waals surface area contributed by atoms with Gasteiger partial charge in [-0.05, 0) is 70.8 Å². The molecule has 0 aliphatic heterocycles. The Morgan fingerprint density at radius 2 is 1.13 bits per heavy atom. The van der Waals surface area contributed by atoms with Crippen LogP contribution in [0.3, 0.4) is 0 Å². The van der Waals surface area contributed by atoms with E-state index in [0.29, 0.717) is 17.7 Å². The Morgan fingerprint density at radius 3 is 1.39 bits per heavy atom. The van der Waals surface area contributed by atoms with Gasteiger partial charge in [-0.15, -0.1) is 0 Å². The molecule has 0 radical (unpaired) electrons. The van der Waals surface area contributed by atoms with Crippen molar-refractivity contribution in [3.05, 3.63) is 0 Å².